The van der Waals surface area contributed by atoms with Crippen molar-refractivity contribution in [3.8, 4) is 11.5 Å². The van der Waals surface area contributed by atoms with Crippen molar-refractivity contribution in [1.29, 1.82) is 0 Å². The van der Waals surface area contributed by atoms with E-state index < -0.39 is 75.9 Å². The number of alkyl halides is 9. The van der Waals surface area contributed by atoms with Crippen LogP contribution in [0.25, 0.3) is 0 Å². The van der Waals surface area contributed by atoms with E-state index in [1.54, 1.807) is 0 Å². The van der Waals surface area contributed by atoms with Crippen LogP contribution in [0.5, 0.6) is 11.5 Å². The monoisotopic (exact) mass is 462 g/mol. The maximum Gasteiger partial charge on any atom is 0.419 e. The summed E-state index contributed by atoms with van der Waals surface area (Å²) in [7, 11) is 0. The Bertz CT molecular complexity index is 1040. The molecule has 14 heteroatoms. The maximum atomic E-state index is 13.3. The lowest BCUT2D eigenvalue weighted by Gasteiger charge is -2.22. The number of hydrogen-bond donors (Lipinski definition) is 2. The SMILES string of the molecule is O=C(O)c1c(Oc2ccccc2C(F)(F)F)cc(C(F)(F)F)c(C(F)(F)F)c1C(=O)O. The van der Waals surface area contributed by atoms with E-state index in [1.165, 1.54) is 0 Å². The molecule has 0 aliphatic rings. The van der Waals surface area contributed by atoms with Crippen molar-refractivity contribution >= 4 is 11.9 Å². The van der Waals surface area contributed by atoms with Crippen LogP contribution >= 0.6 is 0 Å². The van der Waals surface area contributed by atoms with E-state index >= 15 is 0 Å². The molecule has 0 spiro atoms. The molecule has 0 aliphatic heterocycles. The van der Waals surface area contributed by atoms with Crippen molar-refractivity contribution in [2.45, 2.75) is 18.5 Å². The van der Waals surface area contributed by atoms with Crippen molar-refractivity contribution < 1.29 is 64.1 Å². The molecule has 0 amide bonds. The Morgan fingerprint density at radius 1 is 0.677 bits per heavy atom. The zero-order chi connectivity index (χ0) is 23.9. The molecule has 0 aromatic heterocycles. The van der Waals surface area contributed by atoms with Crippen LogP contribution in [-0.2, 0) is 18.5 Å². The van der Waals surface area contributed by atoms with Gasteiger partial charge in [0.2, 0.25) is 0 Å². The van der Waals surface area contributed by atoms with Crippen molar-refractivity contribution in [1.82, 2.24) is 0 Å². The topological polar surface area (TPSA) is 83.8 Å². The molecule has 2 aromatic carbocycles. The summed E-state index contributed by atoms with van der Waals surface area (Å²) in [5.74, 6) is -8.13. The lowest BCUT2D eigenvalue weighted by molar-refractivity contribution is -0.162. The summed E-state index contributed by atoms with van der Waals surface area (Å²) in [4.78, 5) is 22.8. The van der Waals surface area contributed by atoms with Gasteiger partial charge in [-0.05, 0) is 18.2 Å². The van der Waals surface area contributed by atoms with Crippen LogP contribution < -0.4 is 4.74 Å². The van der Waals surface area contributed by atoms with Gasteiger partial charge >= 0.3 is 30.5 Å². The second-order valence-corrected chi connectivity index (χ2v) is 5.75. The number of carboxylic acids is 2. The highest BCUT2D eigenvalue weighted by atomic mass is 19.4. The summed E-state index contributed by atoms with van der Waals surface area (Å²) in [6.45, 7) is 0. The normalized spacial score (nSPS) is 12.5. The first-order chi connectivity index (χ1) is 14.0. The molecule has 0 atom stereocenters. The molecule has 0 saturated heterocycles. The second kappa shape index (κ2) is 7.67. The zero-order valence-corrected chi connectivity index (χ0v) is 14.4. The third-order valence-corrected chi connectivity index (χ3v) is 3.72. The standard InChI is InChI=1S/C17H7F9O5/c18-15(19,20)6-3-1-2-4-8(6)31-9-5-7(16(21,22)23)12(17(24,25)26)11(14(29)30)10(9)13(27)28/h1-5H,(H,27,28)(H,29,30). The van der Waals surface area contributed by atoms with Crippen LogP contribution in [0.2, 0.25) is 0 Å². The number of ether oxygens (including phenoxy) is 1. The summed E-state index contributed by atoms with van der Waals surface area (Å²) in [6.07, 6.45) is -17.0. The van der Waals surface area contributed by atoms with Crippen molar-refractivity contribution in [3.05, 3.63) is 58.1 Å². The lowest BCUT2D eigenvalue weighted by atomic mass is 9.93. The van der Waals surface area contributed by atoms with Gasteiger partial charge in [0.15, 0.2) is 0 Å². The number of benzene rings is 2. The molecule has 2 N–H and O–H groups in total. The largest absolute Gasteiger partial charge is 0.478 e. The maximum absolute atomic E-state index is 13.3. The van der Waals surface area contributed by atoms with Crippen LogP contribution in [0.15, 0.2) is 30.3 Å². The van der Waals surface area contributed by atoms with Crippen molar-refractivity contribution in [2.75, 3.05) is 0 Å². The van der Waals surface area contributed by atoms with Gasteiger partial charge in [0.25, 0.3) is 0 Å². The highest BCUT2D eigenvalue weighted by Crippen LogP contribution is 2.47. The predicted molar refractivity (Wildman–Crippen MR) is 81.9 cm³/mol. The first-order valence-corrected chi connectivity index (χ1v) is 7.62. The fourth-order valence-electron chi connectivity index (χ4n) is 2.59. The number of rotatable bonds is 4. The quantitative estimate of drug-likeness (QED) is 0.551. The predicted octanol–water partition coefficient (Wildman–Crippen LogP) is 5.93. The summed E-state index contributed by atoms with van der Waals surface area (Å²) in [5.41, 5.74) is -11.3. The Labute approximate surface area is 165 Å². The molecule has 0 bridgehead atoms. The second-order valence-electron chi connectivity index (χ2n) is 5.75. The summed E-state index contributed by atoms with van der Waals surface area (Å²) in [6, 6.07) is 2.22. The minimum Gasteiger partial charge on any atom is -0.478 e. The number of carboxylic acid groups (broad SMARTS) is 2. The molecule has 5 nitrogen and oxygen atoms in total. The van der Waals surface area contributed by atoms with Crippen molar-refractivity contribution in [2.24, 2.45) is 0 Å². The van der Waals surface area contributed by atoms with Gasteiger partial charge in [-0.2, -0.15) is 39.5 Å². The molecule has 2 rings (SSSR count). The number of halogens is 9. The Kier molecular flexibility index (Phi) is 5.89. The Hall–Kier alpha value is -3.45. The van der Waals surface area contributed by atoms with Gasteiger partial charge in [-0.15, -0.1) is 0 Å². The minimum atomic E-state index is -5.98. The Morgan fingerprint density at radius 2 is 1.16 bits per heavy atom. The molecule has 168 valence electrons. The highest BCUT2D eigenvalue weighted by molar-refractivity contribution is 6.05. The van der Waals surface area contributed by atoms with E-state index in [2.05, 4.69) is 4.74 Å². The van der Waals surface area contributed by atoms with E-state index in [1.807, 2.05) is 0 Å². The lowest BCUT2D eigenvalue weighted by Crippen LogP contribution is -2.24. The van der Waals surface area contributed by atoms with Gasteiger partial charge in [-0.3, -0.25) is 0 Å². The third kappa shape index (κ3) is 4.83. The van der Waals surface area contributed by atoms with E-state index in [4.69, 9.17) is 5.11 Å². The fraction of sp³-hybridized carbons (Fsp3) is 0.176. The molecule has 0 saturated carbocycles. The summed E-state index contributed by atoms with van der Waals surface area (Å²) < 4.78 is 123. The fourth-order valence-corrected chi connectivity index (χ4v) is 2.59. The number of para-hydroxylation sites is 1. The van der Waals surface area contributed by atoms with Crippen LogP contribution in [0.3, 0.4) is 0 Å². The third-order valence-electron chi connectivity index (χ3n) is 3.72. The number of carbonyl (C=O) groups is 2. The molecule has 2 aromatic rings. The van der Waals surface area contributed by atoms with Gasteiger partial charge in [0.05, 0.1) is 22.3 Å². The van der Waals surface area contributed by atoms with Gasteiger partial charge < -0.3 is 14.9 Å². The zero-order valence-electron chi connectivity index (χ0n) is 14.4. The number of aromatic carboxylic acids is 2. The average molecular weight is 462 g/mol. The van der Waals surface area contributed by atoms with E-state index in [0.717, 1.165) is 12.1 Å². The molecular formula is C17H7F9O5. The molecule has 0 radical (unpaired) electrons. The van der Waals surface area contributed by atoms with E-state index in [0.29, 0.717) is 12.1 Å². The molecule has 0 aliphatic carbocycles. The highest BCUT2D eigenvalue weighted by Gasteiger charge is 2.49. The first kappa shape index (κ1) is 23.8. The summed E-state index contributed by atoms with van der Waals surface area (Å²) in [5, 5.41) is 18.2. The smallest absolute Gasteiger partial charge is 0.419 e. The van der Waals surface area contributed by atoms with E-state index in [9.17, 15) is 54.2 Å². The van der Waals surface area contributed by atoms with Crippen LogP contribution in [0.4, 0.5) is 39.5 Å². The molecule has 0 fully saturated rings. The van der Waals surface area contributed by atoms with Crippen LogP contribution in [-0.4, -0.2) is 22.2 Å². The Morgan fingerprint density at radius 3 is 1.58 bits per heavy atom. The molecule has 31 heavy (non-hydrogen) atoms. The minimum absolute atomic E-state index is 0.405. The first-order valence-electron chi connectivity index (χ1n) is 7.62. The Balaban J connectivity index is 2.98. The van der Waals surface area contributed by atoms with Crippen LogP contribution in [0, 0.1) is 0 Å². The van der Waals surface area contributed by atoms with Gasteiger partial charge in [0.1, 0.15) is 17.1 Å². The van der Waals surface area contributed by atoms with Gasteiger partial charge in [-0.1, -0.05) is 12.1 Å². The average Bonchev–Trinajstić information content (AvgIpc) is 2.58. The number of hydrogen-bond acceptors (Lipinski definition) is 3. The van der Waals surface area contributed by atoms with E-state index in [-0.39, 0.29) is 0 Å². The van der Waals surface area contributed by atoms with Gasteiger partial charge in [0, 0.05) is 0 Å². The molecular weight excluding hydrogens is 455 g/mol. The van der Waals surface area contributed by atoms with Crippen LogP contribution in [0.1, 0.15) is 37.4 Å². The molecule has 0 heterocycles. The summed E-state index contributed by atoms with van der Waals surface area (Å²) >= 11 is 0. The molecule has 0 unspecified atom stereocenters. The van der Waals surface area contributed by atoms with Crippen molar-refractivity contribution in [3.63, 3.8) is 0 Å². The van der Waals surface area contributed by atoms with Gasteiger partial charge in [-0.25, -0.2) is 9.59 Å².